The van der Waals surface area contributed by atoms with E-state index < -0.39 is 0 Å². The number of amides is 1. The SMILES string of the molecule is CN(C)CCCN1CC(CN2CCNCC2)OC1=O. The third-order valence-corrected chi connectivity index (χ3v) is 3.65. The van der Waals surface area contributed by atoms with Crippen molar-refractivity contribution in [3.05, 3.63) is 0 Å². The van der Waals surface area contributed by atoms with Crippen molar-refractivity contribution in [3.8, 4) is 0 Å². The van der Waals surface area contributed by atoms with Crippen LogP contribution >= 0.6 is 0 Å². The van der Waals surface area contributed by atoms with Gasteiger partial charge in [0.15, 0.2) is 0 Å². The smallest absolute Gasteiger partial charge is 0.410 e. The van der Waals surface area contributed by atoms with Crippen molar-refractivity contribution in [1.29, 1.82) is 0 Å². The van der Waals surface area contributed by atoms with Gasteiger partial charge in [0.05, 0.1) is 6.54 Å². The van der Waals surface area contributed by atoms with Crippen LogP contribution in [-0.4, -0.2) is 93.4 Å². The van der Waals surface area contributed by atoms with Crippen molar-refractivity contribution in [2.45, 2.75) is 12.5 Å². The van der Waals surface area contributed by atoms with E-state index in [4.69, 9.17) is 4.74 Å². The number of rotatable bonds is 6. The number of nitrogens with zero attached hydrogens (tertiary/aromatic N) is 3. The van der Waals surface area contributed by atoms with E-state index in [-0.39, 0.29) is 12.2 Å². The molecule has 1 atom stereocenters. The van der Waals surface area contributed by atoms with Crippen molar-refractivity contribution in [3.63, 3.8) is 0 Å². The standard InChI is InChI=1S/C13H26N4O2/c1-15(2)6-3-7-17-11-12(19-13(17)18)10-16-8-4-14-5-9-16/h12,14H,3-11H2,1-2H3. The Balaban J connectivity index is 1.69. The van der Waals surface area contributed by atoms with Gasteiger partial charge in [0, 0.05) is 39.3 Å². The maximum atomic E-state index is 11.8. The Labute approximate surface area is 115 Å². The summed E-state index contributed by atoms with van der Waals surface area (Å²) in [6.07, 6.45) is 0.909. The number of piperazine rings is 1. The third-order valence-electron chi connectivity index (χ3n) is 3.65. The Morgan fingerprint density at radius 2 is 2.11 bits per heavy atom. The van der Waals surface area contributed by atoms with Crippen LogP contribution in [0.1, 0.15) is 6.42 Å². The first-order valence-corrected chi connectivity index (χ1v) is 7.18. The first-order chi connectivity index (χ1) is 9.15. The summed E-state index contributed by atoms with van der Waals surface area (Å²) in [7, 11) is 4.10. The predicted molar refractivity (Wildman–Crippen MR) is 74.3 cm³/mol. The van der Waals surface area contributed by atoms with Gasteiger partial charge in [0.25, 0.3) is 0 Å². The van der Waals surface area contributed by atoms with Gasteiger partial charge < -0.3 is 19.9 Å². The summed E-state index contributed by atoms with van der Waals surface area (Å²) in [6, 6.07) is 0. The molecule has 0 aromatic heterocycles. The van der Waals surface area contributed by atoms with Gasteiger partial charge in [-0.3, -0.25) is 4.90 Å². The van der Waals surface area contributed by atoms with E-state index in [1.165, 1.54) is 0 Å². The van der Waals surface area contributed by atoms with E-state index in [1.54, 1.807) is 0 Å². The molecule has 110 valence electrons. The molecule has 0 aromatic carbocycles. The molecule has 0 aliphatic carbocycles. The van der Waals surface area contributed by atoms with Crippen molar-refractivity contribution < 1.29 is 9.53 Å². The molecule has 2 saturated heterocycles. The van der Waals surface area contributed by atoms with Crippen molar-refractivity contribution in [2.75, 3.05) is 66.5 Å². The molecule has 2 aliphatic heterocycles. The number of ether oxygens (including phenoxy) is 1. The summed E-state index contributed by atoms with van der Waals surface area (Å²) >= 11 is 0. The van der Waals surface area contributed by atoms with Crippen LogP contribution in [0.25, 0.3) is 0 Å². The van der Waals surface area contributed by atoms with Crippen molar-refractivity contribution in [1.82, 2.24) is 20.0 Å². The molecule has 19 heavy (non-hydrogen) atoms. The molecule has 0 spiro atoms. The highest BCUT2D eigenvalue weighted by molar-refractivity contribution is 5.69. The number of hydrogen-bond acceptors (Lipinski definition) is 5. The maximum absolute atomic E-state index is 11.8. The quantitative estimate of drug-likeness (QED) is 0.716. The van der Waals surface area contributed by atoms with Crippen molar-refractivity contribution >= 4 is 6.09 Å². The Morgan fingerprint density at radius 1 is 1.37 bits per heavy atom. The number of nitrogens with one attached hydrogen (secondary N) is 1. The largest absolute Gasteiger partial charge is 0.443 e. The van der Waals surface area contributed by atoms with E-state index in [1.807, 2.05) is 4.90 Å². The van der Waals surface area contributed by atoms with Gasteiger partial charge in [-0.15, -0.1) is 0 Å². The lowest BCUT2D eigenvalue weighted by Crippen LogP contribution is -2.46. The normalized spacial score (nSPS) is 25.1. The summed E-state index contributed by atoms with van der Waals surface area (Å²) in [5.41, 5.74) is 0. The third kappa shape index (κ3) is 4.63. The van der Waals surface area contributed by atoms with Gasteiger partial charge in [-0.25, -0.2) is 4.79 Å². The van der Waals surface area contributed by atoms with E-state index in [0.29, 0.717) is 0 Å². The van der Waals surface area contributed by atoms with E-state index in [9.17, 15) is 4.79 Å². The molecule has 1 unspecified atom stereocenters. The molecule has 6 nitrogen and oxygen atoms in total. The molecule has 2 heterocycles. The highest BCUT2D eigenvalue weighted by atomic mass is 16.6. The summed E-state index contributed by atoms with van der Waals surface area (Å²) < 4.78 is 5.45. The first-order valence-electron chi connectivity index (χ1n) is 7.18. The average Bonchev–Trinajstić information content (AvgIpc) is 2.70. The Kier molecular flexibility index (Phi) is 5.42. The zero-order valence-corrected chi connectivity index (χ0v) is 12.1. The highest BCUT2D eigenvalue weighted by Crippen LogP contribution is 2.13. The monoisotopic (exact) mass is 270 g/mol. The molecule has 6 heteroatoms. The molecule has 1 N–H and O–H groups in total. The first kappa shape index (κ1) is 14.6. The fourth-order valence-electron chi connectivity index (χ4n) is 2.61. The minimum Gasteiger partial charge on any atom is -0.443 e. The van der Waals surface area contributed by atoms with Crippen LogP contribution in [-0.2, 0) is 4.74 Å². The molecule has 2 fully saturated rings. The Hall–Kier alpha value is -0.850. The van der Waals surface area contributed by atoms with E-state index in [0.717, 1.165) is 58.8 Å². The van der Waals surface area contributed by atoms with Gasteiger partial charge in [0.2, 0.25) is 0 Å². The van der Waals surface area contributed by atoms with Gasteiger partial charge >= 0.3 is 6.09 Å². The maximum Gasteiger partial charge on any atom is 0.410 e. The molecule has 2 aliphatic rings. The molecular formula is C13H26N4O2. The predicted octanol–water partition coefficient (Wildman–Crippen LogP) is -0.336. The zero-order valence-electron chi connectivity index (χ0n) is 12.1. The number of carbonyl (C=O) groups is 1. The van der Waals surface area contributed by atoms with E-state index >= 15 is 0 Å². The van der Waals surface area contributed by atoms with E-state index in [2.05, 4.69) is 29.2 Å². The topological polar surface area (TPSA) is 48.0 Å². The summed E-state index contributed by atoms with van der Waals surface area (Å²) in [5, 5.41) is 3.33. The highest BCUT2D eigenvalue weighted by Gasteiger charge is 2.32. The van der Waals surface area contributed by atoms with Crippen LogP contribution in [0.3, 0.4) is 0 Å². The fraction of sp³-hybridized carbons (Fsp3) is 0.923. The van der Waals surface area contributed by atoms with Crippen LogP contribution in [0.5, 0.6) is 0 Å². The van der Waals surface area contributed by atoms with Crippen LogP contribution in [0.15, 0.2) is 0 Å². The molecule has 0 aromatic rings. The lowest BCUT2D eigenvalue weighted by atomic mass is 10.2. The summed E-state index contributed by atoms with van der Waals surface area (Å²) in [5.74, 6) is 0. The van der Waals surface area contributed by atoms with Crippen molar-refractivity contribution in [2.24, 2.45) is 0 Å². The molecule has 0 saturated carbocycles. The fourth-order valence-corrected chi connectivity index (χ4v) is 2.61. The molecular weight excluding hydrogens is 244 g/mol. The molecule has 2 rings (SSSR count). The van der Waals surface area contributed by atoms with Crippen LogP contribution in [0, 0.1) is 0 Å². The average molecular weight is 270 g/mol. The van der Waals surface area contributed by atoms with Gasteiger partial charge in [-0.1, -0.05) is 0 Å². The van der Waals surface area contributed by atoms with Crippen LogP contribution in [0.2, 0.25) is 0 Å². The Bertz CT molecular complexity index is 292. The second-order valence-electron chi connectivity index (χ2n) is 5.66. The van der Waals surface area contributed by atoms with Gasteiger partial charge in [-0.2, -0.15) is 0 Å². The minimum absolute atomic E-state index is 0.0463. The molecule has 1 amide bonds. The van der Waals surface area contributed by atoms with Crippen LogP contribution in [0.4, 0.5) is 4.79 Å². The second-order valence-corrected chi connectivity index (χ2v) is 5.66. The van der Waals surface area contributed by atoms with Gasteiger partial charge in [-0.05, 0) is 27.1 Å². The number of cyclic esters (lactones) is 1. The summed E-state index contributed by atoms with van der Waals surface area (Å²) in [4.78, 5) is 18.1. The molecule has 0 radical (unpaired) electrons. The zero-order chi connectivity index (χ0) is 13.7. The lowest BCUT2D eigenvalue weighted by Gasteiger charge is -2.28. The van der Waals surface area contributed by atoms with Gasteiger partial charge in [0.1, 0.15) is 6.10 Å². The lowest BCUT2D eigenvalue weighted by molar-refractivity contribution is 0.101. The summed E-state index contributed by atoms with van der Waals surface area (Å²) in [6.45, 7) is 7.60. The van der Waals surface area contributed by atoms with Crippen LogP contribution < -0.4 is 5.32 Å². The Morgan fingerprint density at radius 3 is 2.79 bits per heavy atom. The second kappa shape index (κ2) is 7.07. The number of hydrogen-bond donors (Lipinski definition) is 1. The minimum atomic E-state index is -0.140. The number of carbonyl (C=O) groups excluding carboxylic acids is 1. The molecule has 0 bridgehead atoms.